The summed E-state index contributed by atoms with van der Waals surface area (Å²) >= 11 is 0. The molecular formula is C27H34N6O5. The molecule has 11 nitrogen and oxygen atoms in total. The largest absolute Gasteiger partial charge is 0.494 e. The Morgan fingerprint density at radius 3 is 2.66 bits per heavy atom. The Morgan fingerprint density at radius 2 is 1.95 bits per heavy atom. The van der Waals surface area contributed by atoms with Crippen LogP contribution in [0.1, 0.15) is 50.2 Å². The molecular weight excluding hydrogens is 488 g/mol. The van der Waals surface area contributed by atoms with E-state index >= 15 is 0 Å². The summed E-state index contributed by atoms with van der Waals surface area (Å²) in [6, 6.07) is 14.4. The summed E-state index contributed by atoms with van der Waals surface area (Å²) in [6.45, 7) is 2.27. The Balaban J connectivity index is 1.60. The molecule has 0 radical (unpaired) electrons. The average molecular weight is 523 g/mol. The van der Waals surface area contributed by atoms with Crippen molar-refractivity contribution < 1.29 is 24.5 Å². The topological polar surface area (TPSA) is 161 Å². The summed E-state index contributed by atoms with van der Waals surface area (Å²) in [6.07, 6.45) is 2.65. The number of rotatable bonds is 11. The maximum Gasteiger partial charge on any atom is 0.266 e. The van der Waals surface area contributed by atoms with Crippen molar-refractivity contribution in [2.75, 3.05) is 13.2 Å². The summed E-state index contributed by atoms with van der Waals surface area (Å²) in [5, 5.41) is 22.5. The van der Waals surface area contributed by atoms with Gasteiger partial charge in [-0.2, -0.15) is 0 Å². The molecule has 1 amide bonds. The van der Waals surface area contributed by atoms with E-state index in [9.17, 15) is 9.90 Å². The molecule has 2 atom stereocenters. The number of amides is 1. The Hall–Kier alpha value is -3.63. The second kappa shape index (κ2) is 12.7. The SMILES string of the molecule is C[C@@H]1OC(c2ccc(OCCCO)cc2)=N[C@]1(Cc1ccccc1N=[N+]=[N-])C(=O)NNC1CCC(O)CC1. The van der Waals surface area contributed by atoms with E-state index in [1.165, 1.54) is 0 Å². The van der Waals surface area contributed by atoms with E-state index in [1.54, 1.807) is 31.2 Å². The maximum absolute atomic E-state index is 13.8. The summed E-state index contributed by atoms with van der Waals surface area (Å²) < 4.78 is 11.8. The number of nitrogens with one attached hydrogen (secondary N) is 2. The van der Waals surface area contributed by atoms with Crippen LogP contribution in [0.3, 0.4) is 0 Å². The second-order valence-corrected chi connectivity index (χ2v) is 9.65. The first-order valence-electron chi connectivity index (χ1n) is 12.9. The minimum atomic E-state index is -1.33. The Kier molecular flexibility index (Phi) is 9.19. The van der Waals surface area contributed by atoms with E-state index in [2.05, 4.69) is 20.9 Å². The van der Waals surface area contributed by atoms with E-state index in [-0.39, 0.29) is 31.1 Å². The highest BCUT2D eigenvalue weighted by atomic mass is 16.5. The summed E-state index contributed by atoms with van der Waals surface area (Å²) in [5.74, 6) is 0.630. The zero-order valence-corrected chi connectivity index (χ0v) is 21.4. The predicted molar refractivity (Wildman–Crippen MR) is 142 cm³/mol. The first-order valence-corrected chi connectivity index (χ1v) is 12.9. The third kappa shape index (κ3) is 6.43. The maximum atomic E-state index is 13.8. The monoisotopic (exact) mass is 522 g/mol. The van der Waals surface area contributed by atoms with Gasteiger partial charge in [0, 0.05) is 41.7 Å². The molecule has 4 N–H and O–H groups in total. The minimum absolute atomic E-state index is 0.0503. The van der Waals surface area contributed by atoms with Gasteiger partial charge in [-0.1, -0.05) is 29.4 Å². The van der Waals surface area contributed by atoms with Crippen molar-refractivity contribution in [3.8, 4) is 5.75 Å². The Morgan fingerprint density at radius 1 is 1.21 bits per heavy atom. The fourth-order valence-corrected chi connectivity index (χ4v) is 4.74. The zero-order valence-electron chi connectivity index (χ0n) is 21.4. The van der Waals surface area contributed by atoms with E-state index in [0.717, 1.165) is 12.8 Å². The molecule has 0 spiro atoms. The van der Waals surface area contributed by atoms with Crippen LogP contribution < -0.4 is 15.6 Å². The van der Waals surface area contributed by atoms with Crippen LogP contribution in [0.2, 0.25) is 0 Å². The molecule has 1 fully saturated rings. The standard InChI is InChI=1S/C27H34N6O5/c1-18-27(17-20-5-2-3-6-24(20)31-33-28,26(36)32-30-21-9-11-22(35)12-10-21)29-25(38-18)19-7-13-23(14-8-19)37-16-4-15-34/h2-3,5-8,13-14,18,21-22,30,34-35H,4,9-12,15-17H2,1H3,(H,32,36)/t18-,21?,22?,27-/m0/s1. The van der Waals surface area contributed by atoms with Gasteiger partial charge in [0.1, 0.15) is 11.9 Å². The van der Waals surface area contributed by atoms with Crippen molar-refractivity contribution in [3.05, 3.63) is 70.1 Å². The van der Waals surface area contributed by atoms with E-state index < -0.39 is 11.6 Å². The molecule has 2 aromatic rings. The lowest BCUT2D eigenvalue weighted by atomic mass is 9.85. The van der Waals surface area contributed by atoms with Crippen LogP contribution >= 0.6 is 0 Å². The van der Waals surface area contributed by atoms with Gasteiger partial charge in [-0.05, 0) is 68.0 Å². The van der Waals surface area contributed by atoms with Crippen molar-refractivity contribution in [2.45, 2.75) is 69.2 Å². The number of aliphatic hydroxyl groups is 2. The molecule has 4 rings (SSSR count). The molecule has 1 aliphatic carbocycles. The minimum Gasteiger partial charge on any atom is -0.494 e. The first kappa shape index (κ1) is 27.4. The van der Waals surface area contributed by atoms with Crippen LogP contribution in [0.4, 0.5) is 5.69 Å². The number of hydrogen-bond acceptors (Lipinski definition) is 8. The molecule has 0 saturated heterocycles. The molecule has 1 aliphatic heterocycles. The van der Waals surface area contributed by atoms with Gasteiger partial charge in [0.2, 0.25) is 5.90 Å². The van der Waals surface area contributed by atoms with E-state index in [0.29, 0.717) is 54.3 Å². The van der Waals surface area contributed by atoms with Crippen LogP contribution in [0, 0.1) is 0 Å². The Labute approximate surface area is 221 Å². The van der Waals surface area contributed by atoms with Crippen molar-refractivity contribution in [2.24, 2.45) is 10.1 Å². The van der Waals surface area contributed by atoms with Crippen LogP contribution in [-0.2, 0) is 16.0 Å². The Bertz CT molecular complexity index is 1170. The van der Waals surface area contributed by atoms with Gasteiger partial charge < -0.3 is 19.7 Å². The number of carbonyl (C=O) groups is 1. The van der Waals surface area contributed by atoms with Crippen molar-refractivity contribution in [3.63, 3.8) is 0 Å². The van der Waals surface area contributed by atoms with Gasteiger partial charge in [-0.15, -0.1) is 0 Å². The molecule has 2 aromatic carbocycles. The average Bonchev–Trinajstić information content (AvgIpc) is 3.26. The molecule has 1 heterocycles. The van der Waals surface area contributed by atoms with Gasteiger partial charge in [0.05, 0.1) is 12.7 Å². The molecule has 2 aliphatic rings. The van der Waals surface area contributed by atoms with Gasteiger partial charge >= 0.3 is 0 Å². The number of azide groups is 1. The zero-order chi connectivity index (χ0) is 27.0. The first-order chi connectivity index (χ1) is 18.4. The lowest BCUT2D eigenvalue weighted by Crippen LogP contribution is -2.58. The van der Waals surface area contributed by atoms with Crippen LogP contribution in [0.25, 0.3) is 10.4 Å². The highest BCUT2D eigenvalue weighted by molar-refractivity contribution is 6.00. The molecule has 202 valence electrons. The highest BCUT2D eigenvalue weighted by Gasteiger charge is 2.50. The van der Waals surface area contributed by atoms with E-state index in [4.69, 9.17) is 25.1 Å². The van der Waals surface area contributed by atoms with Crippen molar-refractivity contribution in [1.82, 2.24) is 10.9 Å². The lowest BCUT2D eigenvalue weighted by Gasteiger charge is -2.31. The predicted octanol–water partition coefficient (Wildman–Crippen LogP) is 3.46. The van der Waals surface area contributed by atoms with Crippen LogP contribution in [0.5, 0.6) is 5.75 Å². The molecule has 38 heavy (non-hydrogen) atoms. The van der Waals surface area contributed by atoms with Crippen LogP contribution in [-0.4, -0.2) is 59.0 Å². The summed E-state index contributed by atoms with van der Waals surface area (Å²) in [4.78, 5) is 21.6. The van der Waals surface area contributed by atoms with Crippen molar-refractivity contribution >= 4 is 17.5 Å². The number of aliphatic imine (C=N–C) groups is 1. The van der Waals surface area contributed by atoms with Gasteiger partial charge in [-0.25, -0.2) is 10.4 Å². The molecule has 1 saturated carbocycles. The van der Waals surface area contributed by atoms with Gasteiger partial charge in [0.15, 0.2) is 5.54 Å². The number of ether oxygens (including phenoxy) is 2. The summed E-state index contributed by atoms with van der Waals surface area (Å²) in [7, 11) is 0. The van der Waals surface area contributed by atoms with Gasteiger partial charge in [-0.3, -0.25) is 10.2 Å². The smallest absolute Gasteiger partial charge is 0.266 e. The van der Waals surface area contributed by atoms with Gasteiger partial charge in [0.25, 0.3) is 5.91 Å². The number of hydrazine groups is 1. The molecule has 0 aromatic heterocycles. The molecule has 0 bridgehead atoms. The molecule has 11 heteroatoms. The molecule has 0 unspecified atom stereocenters. The lowest BCUT2D eigenvalue weighted by molar-refractivity contribution is -0.129. The number of hydrogen-bond donors (Lipinski definition) is 4. The quantitative estimate of drug-likeness (QED) is 0.116. The third-order valence-electron chi connectivity index (χ3n) is 7.02. The fourth-order valence-electron chi connectivity index (χ4n) is 4.74. The van der Waals surface area contributed by atoms with Crippen LogP contribution in [0.15, 0.2) is 58.6 Å². The second-order valence-electron chi connectivity index (χ2n) is 9.65. The number of nitrogens with zero attached hydrogens (tertiary/aromatic N) is 4. The number of aliphatic hydroxyl groups excluding tert-OH is 2. The van der Waals surface area contributed by atoms with E-state index in [1.807, 2.05) is 24.3 Å². The normalized spacial score (nSPS) is 24.6. The number of carbonyl (C=O) groups excluding carboxylic acids is 1. The highest BCUT2D eigenvalue weighted by Crippen LogP contribution is 2.35. The fraction of sp³-hybridized carbons (Fsp3) is 0.481. The number of benzene rings is 2. The summed E-state index contributed by atoms with van der Waals surface area (Å²) in [5.41, 5.74) is 15.5. The third-order valence-corrected chi connectivity index (χ3v) is 7.02. The van der Waals surface area contributed by atoms with Crippen molar-refractivity contribution in [1.29, 1.82) is 0 Å².